The van der Waals surface area contributed by atoms with Crippen molar-refractivity contribution < 1.29 is 0 Å². The Labute approximate surface area is 307 Å². The molecule has 2 heterocycles. The van der Waals surface area contributed by atoms with Gasteiger partial charge >= 0.3 is 0 Å². The molecule has 0 radical (unpaired) electrons. The highest BCUT2D eigenvalue weighted by Crippen LogP contribution is 2.49. The number of fused-ring (bicyclic) bond motifs is 1. The second-order valence-electron chi connectivity index (χ2n) is 13.2. The lowest BCUT2D eigenvalue weighted by molar-refractivity contribution is 0.151. The van der Waals surface area contributed by atoms with Gasteiger partial charge in [0.25, 0.3) is 0 Å². The van der Waals surface area contributed by atoms with E-state index in [2.05, 4.69) is 189 Å². The Morgan fingerprint density at radius 1 is 0.480 bits per heavy atom. The van der Waals surface area contributed by atoms with Crippen molar-refractivity contribution in [2.45, 2.75) is 17.5 Å². The molecule has 4 nitrogen and oxygen atoms in total. The van der Waals surface area contributed by atoms with Gasteiger partial charge in [-0.25, -0.2) is 0 Å². The van der Waals surface area contributed by atoms with Crippen molar-refractivity contribution in [3.8, 4) is 0 Å². The molecule has 0 saturated carbocycles. The number of allylic oxidation sites excluding steroid dienone is 4. The molecule has 6 heteroatoms. The molecule has 5 aromatic carbocycles. The Morgan fingerprint density at radius 2 is 0.920 bits per heavy atom. The molecule has 1 aliphatic carbocycles. The van der Waals surface area contributed by atoms with Crippen LogP contribution in [-0.4, -0.2) is 41.3 Å². The summed E-state index contributed by atoms with van der Waals surface area (Å²) < 4.78 is 0. The van der Waals surface area contributed by atoms with Crippen molar-refractivity contribution in [3.63, 3.8) is 0 Å². The average molecular weight is 691 g/mol. The molecule has 2 aliphatic heterocycles. The van der Waals surface area contributed by atoms with Crippen LogP contribution in [0.25, 0.3) is 0 Å². The van der Waals surface area contributed by atoms with Crippen molar-refractivity contribution in [1.29, 1.82) is 0 Å². The third-order valence-electron chi connectivity index (χ3n) is 10.6. The van der Waals surface area contributed by atoms with E-state index in [9.17, 15) is 0 Å². The molecule has 0 unspecified atom stereocenters. The fourth-order valence-corrected chi connectivity index (χ4v) is 9.30. The van der Waals surface area contributed by atoms with Gasteiger partial charge in [0.2, 0.25) is 0 Å². The summed E-state index contributed by atoms with van der Waals surface area (Å²) in [5, 5.41) is 0. The van der Waals surface area contributed by atoms with Crippen molar-refractivity contribution >= 4 is 36.6 Å². The molecule has 0 aromatic heterocycles. The third-order valence-corrected chi connectivity index (χ3v) is 11.6. The summed E-state index contributed by atoms with van der Waals surface area (Å²) >= 11 is 10.3. The van der Waals surface area contributed by atoms with Gasteiger partial charge in [-0.15, -0.1) is 0 Å². The van der Waals surface area contributed by atoms with Crippen LogP contribution in [0.2, 0.25) is 0 Å². The zero-order chi connectivity index (χ0) is 34.0. The van der Waals surface area contributed by atoms with Crippen molar-refractivity contribution in [1.82, 2.24) is 9.80 Å². The van der Waals surface area contributed by atoms with Gasteiger partial charge in [-0.05, 0) is 40.5 Å². The lowest BCUT2D eigenvalue weighted by Gasteiger charge is -2.45. The van der Waals surface area contributed by atoms with Crippen LogP contribution >= 0.6 is 25.3 Å². The molecule has 0 spiro atoms. The van der Waals surface area contributed by atoms with Gasteiger partial charge in [0.15, 0.2) is 0 Å². The first-order chi connectivity index (χ1) is 24.7. The SMILES string of the molecule is SCC(c1ccccc1)(c1ccccc1)N1CN(CN2CN(C(CS)(c3ccccc3)c3ccccc3)c3ccccc32)C2=C1CC=CC=C2. The zero-order valence-corrected chi connectivity index (χ0v) is 29.9. The molecule has 0 N–H and O–H groups in total. The third kappa shape index (κ3) is 5.33. The molecule has 0 amide bonds. The standard InChI is InChI=1S/C44H42N4S2/c49-30-43(35-18-6-1-7-19-35,36-20-8-2-9-21-36)47-33-45(39-26-14-5-15-28-41(39)47)32-46-34-48(42-29-17-16-27-40(42)46)44(31-50,37-22-10-3-11-23-37)38-24-12-4-13-25-38/h1-27,29,49-50H,28,30-34H2. The molecular weight excluding hydrogens is 649 g/mol. The van der Waals surface area contributed by atoms with E-state index in [1.807, 2.05) is 0 Å². The zero-order valence-electron chi connectivity index (χ0n) is 28.1. The first-order valence-corrected chi connectivity index (χ1v) is 18.6. The van der Waals surface area contributed by atoms with Gasteiger partial charge in [-0.2, -0.15) is 25.3 Å². The molecular formula is C44H42N4S2. The smallest absolute Gasteiger partial charge is 0.101 e. The second kappa shape index (κ2) is 13.9. The Hall–Kier alpha value is -4.78. The van der Waals surface area contributed by atoms with E-state index in [4.69, 9.17) is 25.3 Å². The summed E-state index contributed by atoms with van der Waals surface area (Å²) in [7, 11) is 0. The lowest BCUT2D eigenvalue weighted by Crippen LogP contribution is -2.52. The van der Waals surface area contributed by atoms with Gasteiger partial charge in [0.1, 0.15) is 11.1 Å². The number of hydrogen-bond acceptors (Lipinski definition) is 6. The topological polar surface area (TPSA) is 13.0 Å². The van der Waals surface area contributed by atoms with Crippen molar-refractivity contribution in [2.75, 3.05) is 41.3 Å². The summed E-state index contributed by atoms with van der Waals surface area (Å²) in [6, 6.07) is 52.4. The highest BCUT2D eigenvalue weighted by molar-refractivity contribution is 7.80. The highest BCUT2D eigenvalue weighted by Gasteiger charge is 2.47. The molecule has 50 heavy (non-hydrogen) atoms. The highest BCUT2D eigenvalue weighted by atomic mass is 32.1. The predicted octanol–water partition coefficient (Wildman–Crippen LogP) is 9.28. The average Bonchev–Trinajstić information content (AvgIpc) is 3.61. The number of thiol groups is 2. The van der Waals surface area contributed by atoms with Crippen LogP contribution in [0.1, 0.15) is 28.7 Å². The van der Waals surface area contributed by atoms with Crippen molar-refractivity contribution in [3.05, 3.63) is 204 Å². The number of rotatable bonds is 10. The number of anilines is 2. The van der Waals surface area contributed by atoms with Crippen molar-refractivity contribution in [2.24, 2.45) is 0 Å². The van der Waals surface area contributed by atoms with Gasteiger partial charge in [0, 0.05) is 23.6 Å². The van der Waals surface area contributed by atoms with Crippen LogP contribution in [0.5, 0.6) is 0 Å². The quantitative estimate of drug-likeness (QED) is 0.142. The van der Waals surface area contributed by atoms with E-state index >= 15 is 0 Å². The molecule has 250 valence electrons. The number of nitrogens with zero attached hydrogens (tertiary/aromatic N) is 4. The van der Waals surface area contributed by atoms with E-state index in [0.29, 0.717) is 11.5 Å². The Kier molecular flexibility index (Phi) is 8.98. The number of benzene rings is 5. The van der Waals surface area contributed by atoms with E-state index in [1.165, 1.54) is 45.0 Å². The second-order valence-corrected chi connectivity index (χ2v) is 13.8. The Balaban J connectivity index is 1.21. The molecule has 0 atom stereocenters. The summed E-state index contributed by atoms with van der Waals surface area (Å²) in [6.45, 7) is 2.19. The first-order valence-electron chi connectivity index (χ1n) is 17.3. The summed E-state index contributed by atoms with van der Waals surface area (Å²) in [5.74, 6) is 1.26. The van der Waals surface area contributed by atoms with Crippen LogP contribution in [-0.2, 0) is 11.1 Å². The van der Waals surface area contributed by atoms with Gasteiger partial charge < -0.3 is 19.6 Å². The number of para-hydroxylation sites is 2. The molecule has 5 aromatic rings. The molecule has 8 rings (SSSR count). The first kappa shape index (κ1) is 32.4. The van der Waals surface area contributed by atoms with Crippen LogP contribution in [0.4, 0.5) is 11.4 Å². The van der Waals surface area contributed by atoms with Crippen LogP contribution in [0.3, 0.4) is 0 Å². The van der Waals surface area contributed by atoms with Gasteiger partial charge in [-0.1, -0.05) is 152 Å². The minimum atomic E-state index is -0.466. The minimum Gasteiger partial charge on any atom is -0.340 e. The monoisotopic (exact) mass is 690 g/mol. The minimum absolute atomic E-state index is 0.455. The van der Waals surface area contributed by atoms with Crippen LogP contribution in [0.15, 0.2) is 181 Å². The summed E-state index contributed by atoms with van der Waals surface area (Å²) in [5.41, 5.74) is 9.06. The molecule has 3 aliphatic rings. The maximum Gasteiger partial charge on any atom is 0.101 e. The van der Waals surface area contributed by atoms with Gasteiger partial charge in [0.05, 0.1) is 37.1 Å². The molecule has 0 saturated heterocycles. The Morgan fingerprint density at radius 3 is 1.42 bits per heavy atom. The van der Waals surface area contributed by atoms with E-state index < -0.39 is 11.1 Å². The maximum atomic E-state index is 5.15. The van der Waals surface area contributed by atoms with E-state index in [1.54, 1.807) is 0 Å². The predicted molar refractivity (Wildman–Crippen MR) is 215 cm³/mol. The maximum absolute atomic E-state index is 5.15. The number of hydrogen-bond donors (Lipinski definition) is 2. The van der Waals surface area contributed by atoms with Crippen LogP contribution in [0, 0.1) is 0 Å². The Bertz CT molecular complexity index is 1930. The fourth-order valence-electron chi connectivity index (χ4n) is 8.23. The van der Waals surface area contributed by atoms with Gasteiger partial charge in [-0.3, -0.25) is 0 Å². The lowest BCUT2D eigenvalue weighted by atomic mass is 9.82. The van der Waals surface area contributed by atoms with Crippen LogP contribution < -0.4 is 9.80 Å². The normalized spacial score (nSPS) is 15.8. The van der Waals surface area contributed by atoms with E-state index in [0.717, 1.165) is 26.4 Å². The summed E-state index contributed by atoms with van der Waals surface area (Å²) in [6.07, 6.45) is 9.79. The molecule has 0 bridgehead atoms. The largest absolute Gasteiger partial charge is 0.340 e. The molecule has 0 fully saturated rings. The van der Waals surface area contributed by atoms with E-state index in [-0.39, 0.29) is 0 Å². The summed E-state index contributed by atoms with van der Waals surface area (Å²) in [4.78, 5) is 10.3. The fraction of sp³-hybridized carbons (Fsp3) is 0.182.